The average molecular weight is 507 g/mol. The number of benzene rings is 2. The van der Waals surface area contributed by atoms with Crippen molar-refractivity contribution < 1.29 is 22.7 Å². The van der Waals surface area contributed by atoms with Crippen LogP contribution in [0.25, 0.3) is 10.9 Å². The first-order valence-corrected chi connectivity index (χ1v) is 13.6. The maximum atomic E-state index is 13.5. The number of hydrogen-bond donors (Lipinski definition) is 1. The molecule has 0 bridgehead atoms. The number of H-pyrrole nitrogens is 1. The molecule has 36 heavy (non-hydrogen) atoms. The molecule has 0 fully saturated rings. The Morgan fingerprint density at radius 1 is 1.03 bits per heavy atom. The molecule has 188 valence electrons. The Kier molecular flexibility index (Phi) is 7.74. The fourth-order valence-corrected chi connectivity index (χ4v) is 5.72. The number of rotatable bonds is 10. The topological polar surface area (TPSA) is 98.3 Å². The lowest BCUT2D eigenvalue weighted by Gasteiger charge is -2.17. The highest BCUT2D eigenvalue weighted by molar-refractivity contribution is 7.91. The molecule has 0 aliphatic carbocycles. The van der Waals surface area contributed by atoms with Gasteiger partial charge in [-0.15, -0.1) is 0 Å². The Morgan fingerprint density at radius 3 is 2.44 bits per heavy atom. The summed E-state index contributed by atoms with van der Waals surface area (Å²) < 4.78 is 38.3. The number of aromatic nitrogens is 2. The predicted octanol–water partition coefficient (Wildman–Crippen LogP) is 5.13. The molecule has 2 aromatic carbocycles. The van der Waals surface area contributed by atoms with E-state index in [9.17, 15) is 13.2 Å². The summed E-state index contributed by atoms with van der Waals surface area (Å²) in [6, 6.07) is 18.7. The van der Waals surface area contributed by atoms with Crippen LogP contribution < -0.4 is 4.74 Å². The van der Waals surface area contributed by atoms with Gasteiger partial charge in [-0.25, -0.2) is 8.42 Å². The number of carbonyl (C=O) groups is 1. The van der Waals surface area contributed by atoms with Crippen LogP contribution in [0.3, 0.4) is 0 Å². The molecule has 1 unspecified atom stereocenters. The lowest BCUT2D eigenvalue weighted by Crippen LogP contribution is -2.21. The van der Waals surface area contributed by atoms with Crippen LogP contribution in [0.2, 0.25) is 0 Å². The number of ether oxygens (including phenoxy) is 2. The maximum Gasteiger partial charge on any atom is 0.315 e. The van der Waals surface area contributed by atoms with Gasteiger partial charge in [-0.3, -0.25) is 9.78 Å². The van der Waals surface area contributed by atoms with Crippen molar-refractivity contribution in [1.82, 2.24) is 9.97 Å². The van der Waals surface area contributed by atoms with Crippen molar-refractivity contribution in [2.24, 2.45) is 0 Å². The van der Waals surface area contributed by atoms with Gasteiger partial charge in [-0.1, -0.05) is 43.3 Å². The summed E-state index contributed by atoms with van der Waals surface area (Å²) in [5, 5.41) is 0.535. The summed E-state index contributed by atoms with van der Waals surface area (Å²) in [5.41, 5.74) is 3.32. The van der Waals surface area contributed by atoms with E-state index in [-0.39, 0.29) is 23.9 Å². The first-order chi connectivity index (χ1) is 17.4. The highest BCUT2D eigenvalue weighted by atomic mass is 32.2. The molecular weight excluding hydrogens is 476 g/mol. The summed E-state index contributed by atoms with van der Waals surface area (Å²) in [7, 11) is -3.71. The third kappa shape index (κ3) is 5.28. The molecule has 1 atom stereocenters. The Labute approximate surface area is 211 Å². The summed E-state index contributed by atoms with van der Waals surface area (Å²) in [6.07, 6.45) is 2.00. The van der Waals surface area contributed by atoms with Crippen LogP contribution in [0.1, 0.15) is 42.3 Å². The number of pyridine rings is 1. The number of carbonyl (C=O) groups excluding carboxylic acids is 1. The van der Waals surface area contributed by atoms with E-state index in [4.69, 9.17) is 9.47 Å². The van der Waals surface area contributed by atoms with Gasteiger partial charge in [0.25, 0.3) is 0 Å². The van der Waals surface area contributed by atoms with Crippen LogP contribution >= 0.6 is 0 Å². The SMILES string of the molecule is CCOC(=O)C(Cc1ccccc1)c1[nH]c2ccc(OCc3ccccn3)c(C)c2c1S(=O)(=O)CC. The second kappa shape index (κ2) is 11.0. The third-order valence-corrected chi connectivity index (χ3v) is 7.96. The quantitative estimate of drug-likeness (QED) is 0.299. The monoisotopic (exact) mass is 506 g/mol. The number of aromatic amines is 1. The zero-order valence-corrected chi connectivity index (χ0v) is 21.5. The van der Waals surface area contributed by atoms with E-state index >= 15 is 0 Å². The third-order valence-electron chi connectivity index (χ3n) is 6.15. The predicted molar refractivity (Wildman–Crippen MR) is 139 cm³/mol. The average Bonchev–Trinajstić information content (AvgIpc) is 3.29. The number of sulfone groups is 1. The Balaban J connectivity index is 1.86. The van der Waals surface area contributed by atoms with Gasteiger partial charge < -0.3 is 14.5 Å². The summed E-state index contributed by atoms with van der Waals surface area (Å²) in [6.45, 7) is 5.62. The first kappa shape index (κ1) is 25.4. The van der Waals surface area contributed by atoms with Gasteiger partial charge in [-0.2, -0.15) is 0 Å². The van der Waals surface area contributed by atoms with Gasteiger partial charge in [-0.05, 0) is 50.1 Å². The molecule has 0 saturated carbocycles. The fourth-order valence-electron chi connectivity index (χ4n) is 4.33. The Hall–Kier alpha value is -3.65. The van der Waals surface area contributed by atoms with Gasteiger partial charge >= 0.3 is 5.97 Å². The van der Waals surface area contributed by atoms with Crippen molar-refractivity contribution in [2.45, 2.75) is 44.6 Å². The normalized spacial score (nSPS) is 12.4. The van der Waals surface area contributed by atoms with E-state index in [0.717, 1.165) is 11.3 Å². The number of hydrogen-bond acceptors (Lipinski definition) is 6. The molecule has 4 rings (SSSR count). The maximum absolute atomic E-state index is 13.5. The van der Waals surface area contributed by atoms with E-state index < -0.39 is 21.7 Å². The highest BCUT2D eigenvalue weighted by Gasteiger charge is 2.33. The second-order valence-electron chi connectivity index (χ2n) is 8.49. The minimum atomic E-state index is -3.71. The molecule has 0 radical (unpaired) electrons. The van der Waals surface area contributed by atoms with Crippen LogP contribution in [0.5, 0.6) is 5.75 Å². The number of nitrogens with one attached hydrogen (secondary N) is 1. The van der Waals surface area contributed by atoms with E-state index in [1.807, 2.05) is 55.5 Å². The van der Waals surface area contributed by atoms with Crippen LogP contribution in [-0.4, -0.2) is 36.7 Å². The van der Waals surface area contributed by atoms with Gasteiger partial charge in [0, 0.05) is 28.4 Å². The molecule has 0 amide bonds. The van der Waals surface area contributed by atoms with E-state index in [1.165, 1.54) is 0 Å². The van der Waals surface area contributed by atoms with Crippen molar-refractivity contribution in [3.63, 3.8) is 0 Å². The van der Waals surface area contributed by atoms with E-state index in [0.29, 0.717) is 34.3 Å². The molecule has 2 heterocycles. The fraction of sp³-hybridized carbons (Fsp3) is 0.286. The van der Waals surface area contributed by atoms with E-state index in [1.54, 1.807) is 32.2 Å². The van der Waals surface area contributed by atoms with Gasteiger partial charge in [0.15, 0.2) is 9.84 Å². The molecular formula is C28H30N2O5S. The lowest BCUT2D eigenvalue weighted by molar-refractivity contribution is -0.145. The molecule has 2 aromatic heterocycles. The van der Waals surface area contributed by atoms with Crippen molar-refractivity contribution in [1.29, 1.82) is 0 Å². The second-order valence-corrected chi connectivity index (χ2v) is 10.7. The molecule has 0 aliphatic rings. The van der Waals surface area contributed by atoms with Crippen LogP contribution in [0.15, 0.2) is 71.8 Å². The van der Waals surface area contributed by atoms with Crippen LogP contribution in [-0.2, 0) is 32.4 Å². The molecule has 7 nitrogen and oxygen atoms in total. The first-order valence-electron chi connectivity index (χ1n) is 12.0. The molecule has 0 spiro atoms. The minimum Gasteiger partial charge on any atom is -0.487 e. The number of esters is 1. The number of aryl methyl sites for hydroxylation is 1. The zero-order chi connectivity index (χ0) is 25.7. The summed E-state index contributed by atoms with van der Waals surface area (Å²) >= 11 is 0. The standard InChI is InChI=1S/C28H30N2O5S/c1-4-34-28(31)22(17-20-11-7-6-8-12-20)26-27(36(32,33)5-2)25-19(3)24(15-14-23(25)30-26)35-18-21-13-9-10-16-29-21/h6-16,22,30H,4-5,17-18H2,1-3H3. The number of fused-ring (bicyclic) bond motifs is 1. The van der Waals surface area contributed by atoms with Gasteiger partial charge in [0.2, 0.25) is 0 Å². The Morgan fingerprint density at radius 2 is 1.78 bits per heavy atom. The van der Waals surface area contributed by atoms with Crippen LogP contribution in [0.4, 0.5) is 0 Å². The summed E-state index contributed by atoms with van der Waals surface area (Å²) in [4.78, 5) is 20.8. The largest absolute Gasteiger partial charge is 0.487 e. The van der Waals surface area contributed by atoms with Crippen molar-refractivity contribution in [2.75, 3.05) is 12.4 Å². The molecule has 0 aliphatic heterocycles. The Bertz CT molecular complexity index is 1450. The van der Waals surface area contributed by atoms with Crippen molar-refractivity contribution in [3.8, 4) is 5.75 Å². The van der Waals surface area contributed by atoms with Crippen molar-refractivity contribution >= 4 is 26.7 Å². The lowest BCUT2D eigenvalue weighted by atomic mass is 9.96. The smallest absolute Gasteiger partial charge is 0.315 e. The van der Waals surface area contributed by atoms with E-state index in [2.05, 4.69) is 9.97 Å². The zero-order valence-electron chi connectivity index (χ0n) is 20.7. The molecule has 4 aromatic rings. The van der Waals surface area contributed by atoms with Gasteiger partial charge in [0.1, 0.15) is 18.3 Å². The molecule has 8 heteroatoms. The minimum absolute atomic E-state index is 0.105. The van der Waals surface area contributed by atoms with Crippen LogP contribution in [0, 0.1) is 6.92 Å². The molecule has 0 saturated heterocycles. The van der Waals surface area contributed by atoms with Crippen molar-refractivity contribution in [3.05, 3.63) is 89.4 Å². The summed E-state index contributed by atoms with van der Waals surface area (Å²) in [5.74, 6) is -0.827. The molecule has 1 N–H and O–H groups in total. The van der Waals surface area contributed by atoms with Gasteiger partial charge in [0.05, 0.1) is 22.9 Å². The number of nitrogens with zero attached hydrogens (tertiary/aromatic N) is 1. The highest BCUT2D eigenvalue weighted by Crippen LogP contribution is 2.39.